The van der Waals surface area contributed by atoms with Crippen LogP contribution in [-0.2, 0) is 0 Å². The van der Waals surface area contributed by atoms with Crippen LogP contribution in [0.2, 0.25) is 0 Å². The van der Waals surface area contributed by atoms with Crippen LogP contribution in [0.25, 0.3) is 0 Å². The summed E-state index contributed by atoms with van der Waals surface area (Å²) in [5.74, 6) is 0.785. The normalized spacial score (nSPS) is 10.0. The van der Waals surface area contributed by atoms with Gasteiger partial charge in [0.25, 0.3) is 5.24 Å². The Morgan fingerprint density at radius 2 is 1.93 bits per heavy atom. The Labute approximate surface area is 95.2 Å². The van der Waals surface area contributed by atoms with E-state index >= 15 is 0 Å². The van der Waals surface area contributed by atoms with Gasteiger partial charge < -0.3 is 4.74 Å². The average Bonchev–Trinajstić information content (AvgIpc) is 2.25. The summed E-state index contributed by atoms with van der Waals surface area (Å²) in [4.78, 5) is 10.8. The van der Waals surface area contributed by atoms with E-state index in [0.29, 0.717) is 5.56 Å². The Morgan fingerprint density at radius 3 is 2.47 bits per heavy atom. The number of halogens is 1. The van der Waals surface area contributed by atoms with Crippen molar-refractivity contribution in [2.24, 2.45) is 0 Å². The Balaban J connectivity index is 2.39. The maximum atomic E-state index is 10.8. The van der Waals surface area contributed by atoms with Crippen LogP contribution < -0.4 is 4.74 Å². The van der Waals surface area contributed by atoms with Crippen LogP contribution in [-0.4, -0.2) is 11.8 Å². The number of benzene rings is 1. The van der Waals surface area contributed by atoms with Gasteiger partial charge in [-0.15, -0.1) is 0 Å². The molecule has 0 amide bonds. The highest BCUT2D eigenvalue weighted by Gasteiger charge is 2.00. The second-order valence-corrected chi connectivity index (χ2v) is 3.70. The molecule has 0 radical (unpaired) electrons. The summed E-state index contributed by atoms with van der Waals surface area (Å²) >= 11 is 5.32. The molecule has 0 saturated carbocycles. The second-order valence-electron chi connectivity index (χ2n) is 3.35. The molecule has 1 aromatic rings. The van der Waals surface area contributed by atoms with E-state index in [0.717, 1.165) is 18.8 Å². The molecule has 0 unspecified atom stereocenters. The molecule has 3 heteroatoms. The summed E-state index contributed by atoms with van der Waals surface area (Å²) in [7, 11) is 0. The third-order valence-electron chi connectivity index (χ3n) is 2.10. The molecular weight excluding hydrogens is 212 g/mol. The smallest absolute Gasteiger partial charge is 0.252 e. The quantitative estimate of drug-likeness (QED) is 0.547. The fourth-order valence-corrected chi connectivity index (χ4v) is 1.35. The fraction of sp³-hybridized carbons (Fsp3) is 0.417. The summed E-state index contributed by atoms with van der Waals surface area (Å²) < 4.78 is 5.49. The summed E-state index contributed by atoms with van der Waals surface area (Å²) in [6.45, 7) is 2.88. The van der Waals surface area contributed by atoms with Crippen LogP contribution in [0.4, 0.5) is 0 Å². The van der Waals surface area contributed by atoms with Gasteiger partial charge >= 0.3 is 0 Å². The van der Waals surface area contributed by atoms with Crippen molar-refractivity contribution in [3.63, 3.8) is 0 Å². The molecule has 2 nitrogen and oxygen atoms in total. The molecule has 0 aliphatic heterocycles. The summed E-state index contributed by atoms with van der Waals surface area (Å²) in [5, 5.41) is -0.437. The van der Waals surface area contributed by atoms with Gasteiger partial charge in [0, 0.05) is 5.56 Å². The van der Waals surface area contributed by atoms with E-state index in [1.165, 1.54) is 12.8 Å². The molecular formula is C12H15ClO2. The lowest BCUT2D eigenvalue weighted by molar-refractivity contribution is 0.108. The first-order valence-corrected chi connectivity index (χ1v) is 5.54. The lowest BCUT2D eigenvalue weighted by Crippen LogP contribution is -1.97. The highest BCUT2D eigenvalue weighted by atomic mass is 35.5. The lowest BCUT2D eigenvalue weighted by Gasteiger charge is -2.05. The first-order valence-electron chi connectivity index (χ1n) is 5.16. The third kappa shape index (κ3) is 4.34. The molecule has 15 heavy (non-hydrogen) atoms. The van der Waals surface area contributed by atoms with Gasteiger partial charge in [-0.2, -0.15) is 0 Å². The maximum Gasteiger partial charge on any atom is 0.252 e. The summed E-state index contributed by atoms with van der Waals surface area (Å²) in [6.07, 6.45) is 3.42. The van der Waals surface area contributed by atoms with Gasteiger partial charge in [-0.25, -0.2) is 0 Å². The minimum atomic E-state index is -0.437. The molecule has 0 atom stereocenters. The largest absolute Gasteiger partial charge is 0.494 e. The minimum Gasteiger partial charge on any atom is -0.494 e. The molecule has 0 saturated heterocycles. The van der Waals surface area contributed by atoms with E-state index in [-0.39, 0.29) is 0 Å². The van der Waals surface area contributed by atoms with Gasteiger partial charge in [-0.05, 0) is 42.3 Å². The molecule has 1 rings (SSSR count). The maximum absolute atomic E-state index is 10.8. The molecule has 0 fully saturated rings. The predicted octanol–water partition coefficient (Wildman–Crippen LogP) is 3.63. The number of carbonyl (C=O) groups excluding carboxylic acids is 1. The van der Waals surface area contributed by atoms with Crippen molar-refractivity contribution in [1.82, 2.24) is 0 Å². The van der Waals surface area contributed by atoms with Crippen molar-refractivity contribution in [2.75, 3.05) is 6.61 Å². The SMILES string of the molecule is CCCCCOc1ccc(C(=O)Cl)cc1. The zero-order valence-electron chi connectivity index (χ0n) is 8.83. The first-order chi connectivity index (χ1) is 7.24. The Hall–Kier alpha value is -1.02. The predicted molar refractivity (Wildman–Crippen MR) is 61.6 cm³/mol. The zero-order valence-corrected chi connectivity index (χ0v) is 9.59. The van der Waals surface area contributed by atoms with Crippen LogP contribution >= 0.6 is 11.6 Å². The zero-order chi connectivity index (χ0) is 11.1. The monoisotopic (exact) mass is 226 g/mol. The molecule has 0 aromatic heterocycles. The van der Waals surface area contributed by atoms with Gasteiger partial charge in [-0.3, -0.25) is 4.79 Å². The Kier molecular flexibility index (Phi) is 5.19. The molecule has 82 valence electrons. The molecule has 0 heterocycles. The Bertz CT molecular complexity index is 306. The van der Waals surface area contributed by atoms with E-state index < -0.39 is 5.24 Å². The minimum absolute atomic E-state index is 0.437. The van der Waals surface area contributed by atoms with E-state index in [9.17, 15) is 4.79 Å². The number of carbonyl (C=O) groups is 1. The van der Waals surface area contributed by atoms with E-state index in [1.54, 1.807) is 24.3 Å². The highest BCUT2D eigenvalue weighted by Crippen LogP contribution is 2.14. The number of hydrogen-bond acceptors (Lipinski definition) is 2. The van der Waals surface area contributed by atoms with E-state index in [1.807, 2.05) is 0 Å². The van der Waals surface area contributed by atoms with Crippen molar-refractivity contribution in [3.8, 4) is 5.75 Å². The summed E-state index contributed by atoms with van der Waals surface area (Å²) in [6, 6.07) is 6.87. The van der Waals surface area contributed by atoms with Gasteiger partial charge in [0.1, 0.15) is 5.75 Å². The average molecular weight is 227 g/mol. The van der Waals surface area contributed by atoms with Crippen molar-refractivity contribution in [1.29, 1.82) is 0 Å². The first kappa shape index (κ1) is 12.1. The van der Waals surface area contributed by atoms with Crippen molar-refractivity contribution in [2.45, 2.75) is 26.2 Å². The molecule has 0 aliphatic rings. The molecule has 0 spiro atoms. The summed E-state index contributed by atoms with van der Waals surface area (Å²) in [5.41, 5.74) is 0.498. The van der Waals surface area contributed by atoms with Gasteiger partial charge in [-0.1, -0.05) is 19.8 Å². The third-order valence-corrected chi connectivity index (χ3v) is 2.32. The molecule has 0 N–H and O–H groups in total. The topological polar surface area (TPSA) is 26.3 Å². The van der Waals surface area contributed by atoms with E-state index in [4.69, 9.17) is 16.3 Å². The van der Waals surface area contributed by atoms with Crippen molar-refractivity contribution < 1.29 is 9.53 Å². The molecule has 1 aromatic carbocycles. The lowest BCUT2D eigenvalue weighted by atomic mass is 10.2. The second kappa shape index (κ2) is 6.46. The highest BCUT2D eigenvalue weighted by molar-refractivity contribution is 6.67. The van der Waals surface area contributed by atoms with Gasteiger partial charge in [0.05, 0.1) is 6.61 Å². The molecule has 0 bridgehead atoms. The van der Waals surface area contributed by atoms with E-state index in [2.05, 4.69) is 6.92 Å². The van der Waals surface area contributed by atoms with Crippen LogP contribution in [0.3, 0.4) is 0 Å². The molecule has 0 aliphatic carbocycles. The number of ether oxygens (including phenoxy) is 1. The van der Waals surface area contributed by atoms with Gasteiger partial charge in [0.15, 0.2) is 0 Å². The standard InChI is InChI=1S/C12H15ClO2/c1-2-3-4-9-15-11-7-5-10(6-8-11)12(13)14/h5-8H,2-4,9H2,1H3. The van der Waals surface area contributed by atoms with Crippen LogP contribution in [0.1, 0.15) is 36.5 Å². The van der Waals surface area contributed by atoms with Crippen molar-refractivity contribution in [3.05, 3.63) is 29.8 Å². The van der Waals surface area contributed by atoms with Crippen LogP contribution in [0.15, 0.2) is 24.3 Å². The fourth-order valence-electron chi connectivity index (χ4n) is 1.22. The number of rotatable bonds is 6. The Morgan fingerprint density at radius 1 is 1.27 bits per heavy atom. The van der Waals surface area contributed by atoms with Crippen LogP contribution in [0, 0.1) is 0 Å². The van der Waals surface area contributed by atoms with Gasteiger partial charge in [0.2, 0.25) is 0 Å². The number of unbranched alkanes of at least 4 members (excludes halogenated alkanes) is 2. The number of hydrogen-bond donors (Lipinski definition) is 0. The van der Waals surface area contributed by atoms with Crippen molar-refractivity contribution >= 4 is 16.8 Å². The van der Waals surface area contributed by atoms with Crippen LogP contribution in [0.5, 0.6) is 5.75 Å².